The van der Waals surface area contributed by atoms with Gasteiger partial charge in [-0.25, -0.2) is 0 Å². The van der Waals surface area contributed by atoms with Crippen LogP contribution in [0.3, 0.4) is 0 Å². The lowest BCUT2D eigenvalue weighted by atomic mass is 10.1. The third-order valence-electron chi connectivity index (χ3n) is 3.98. The van der Waals surface area contributed by atoms with E-state index in [2.05, 4.69) is 48.9 Å². The molecule has 0 aliphatic heterocycles. The van der Waals surface area contributed by atoms with Gasteiger partial charge in [0.05, 0.1) is 6.61 Å². The van der Waals surface area contributed by atoms with Crippen molar-refractivity contribution >= 4 is 10.9 Å². The van der Waals surface area contributed by atoms with Crippen molar-refractivity contribution in [2.24, 2.45) is 0 Å². The first-order chi connectivity index (χ1) is 9.69. The molecular formula is C17H26N2O. The monoisotopic (exact) mass is 274 g/mol. The first kappa shape index (κ1) is 15.1. The van der Waals surface area contributed by atoms with Crippen LogP contribution in [0.25, 0.3) is 10.9 Å². The number of nitrogens with one attached hydrogen (secondary N) is 1. The first-order valence-electron chi connectivity index (χ1n) is 7.47. The standard InChI is InChI=1S/C17H26N2O/c1-5-8-18-12-15-6-7-17-16(11-15)13(2)14(3)19(17)9-10-20-4/h6-7,11,18H,5,8-10,12H2,1-4H3. The minimum atomic E-state index is 0.754. The van der Waals surface area contributed by atoms with Crippen LogP contribution in [0.4, 0.5) is 0 Å². The van der Waals surface area contributed by atoms with Gasteiger partial charge >= 0.3 is 0 Å². The Hall–Kier alpha value is -1.32. The predicted molar refractivity (Wildman–Crippen MR) is 85.3 cm³/mol. The van der Waals surface area contributed by atoms with Crippen molar-refractivity contribution in [3.63, 3.8) is 0 Å². The Balaban J connectivity index is 2.30. The van der Waals surface area contributed by atoms with Crippen LogP contribution in [0.1, 0.15) is 30.2 Å². The summed E-state index contributed by atoms with van der Waals surface area (Å²) in [7, 11) is 1.76. The molecule has 3 nitrogen and oxygen atoms in total. The van der Waals surface area contributed by atoms with Crippen LogP contribution in [0.2, 0.25) is 0 Å². The quantitative estimate of drug-likeness (QED) is 0.783. The van der Waals surface area contributed by atoms with Gasteiger partial charge in [0.15, 0.2) is 0 Å². The van der Waals surface area contributed by atoms with Gasteiger partial charge in [0.1, 0.15) is 0 Å². The summed E-state index contributed by atoms with van der Waals surface area (Å²) in [6.45, 7) is 10.3. The fourth-order valence-corrected chi connectivity index (χ4v) is 2.69. The number of hydrogen-bond donors (Lipinski definition) is 1. The van der Waals surface area contributed by atoms with Crippen molar-refractivity contribution in [1.82, 2.24) is 9.88 Å². The van der Waals surface area contributed by atoms with E-state index in [0.717, 1.165) is 26.2 Å². The highest BCUT2D eigenvalue weighted by Crippen LogP contribution is 2.26. The van der Waals surface area contributed by atoms with Crippen LogP contribution in [0.15, 0.2) is 18.2 Å². The van der Waals surface area contributed by atoms with Crippen LogP contribution in [-0.2, 0) is 17.8 Å². The van der Waals surface area contributed by atoms with Gasteiger partial charge in [-0.15, -0.1) is 0 Å². The molecule has 0 unspecified atom stereocenters. The zero-order chi connectivity index (χ0) is 14.5. The Morgan fingerprint density at radius 3 is 2.75 bits per heavy atom. The van der Waals surface area contributed by atoms with E-state index in [1.165, 1.54) is 34.1 Å². The molecule has 0 amide bonds. The Morgan fingerprint density at radius 1 is 1.25 bits per heavy atom. The summed E-state index contributed by atoms with van der Waals surface area (Å²) in [6, 6.07) is 6.80. The SMILES string of the molecule is CCCNCc1ccc2c(c1)c(C)c(C)n2CCOC. The summed E-state index contributed by atoms with van der Waals surface area (Å²) >= 11 is 0. The van der Waals surface area contributed by atoms with Gasteiger partial charge in [-0.05, 0) is 50.1 Å². The van der Waals surface area contributed by atoms with Crippen LogP contribution in [-0.4, -0.2) is 24.8 Å². The molecule has 0 aliphatic carbocycles. The average Bonchev–Trinajstić information content (AvgIpc) is 2.69. The van der Waals surface area contributed by atoms with E-state index in [-0.39, 0.29) is 0 Å². The highest BCUT2D eigenvalue weighted by atomic mass is 16.5. The molecule has 1 aromatic carbocycles. The number of benzene rings is 1. The molecule has 3 heteroatoms. The smallest absolute Gasteiger partial charge is 0.0642 e. The first-order valence-corrected chi connectivity index (χ1v) is 7.47. The molecule has 0 spiro atoms. The number of ether oxygens (including phenoxy) is 1. The van der Waals surface area contributed by atoms with Crippen molar-refractivity contribution in [3.8, 4) is 0 Å². The zero-order valence-corrected chi connectivity index (χ0v) is 13.1. The summed E-state index contributed by atoms with van der Waals surface area (Å²) in [5, 5.41) is 4.83. The fourth-order valence-electron chi connectivity index (χ4n) is 2.69. The van der Waals surface area contributed by atoms with Gasteiger partial charge in [-0.3, -0.25) is 0 Å². The van der Waals surface area contributed by atoms with Crippen molar-refractivity contribution in [3.05, 3.63) is 35.0 Å². The van der Waals surface area contributed by atoms with Crippen molar-refractivity contribution in [2.75, 3.05) is 20.3 Å². The van der Waals surface area contributed by atoms with E-state index in [1.54, 1.807) is 7.11 Å². The second-order valence-corrected chi connectivity index (χ2v) is 5.38. The highest BCUT2D eigenvalue weighted by molar-refractivity contribution is 5.86. The van der Waals surface area contributed by atoms with Crippen LogP contribution in [0.5, 0.6) is 0 Å². The predicted octanol–water partition coefficient (Wildman–Crippen LogP) is 3.40. The molecule has 1 N–H and O–H groups in total. The number of nitrogens with zero attached hydrogens (tertiary/aromatic N) is 1. The number of methoxy groups -OCH3 is 1. The number of aromatic nitrogens is 1. The van der Waals surface area contributed by atoms with Gasteiger partial charge < -0.3 is 14.6 Å². The number of fused-ring (bicyclic) bond motifs is 1. The molecule has 20 heavy (non-hydrogen) atoms. The zero-order valence-electron chi connectivity index (χ0n) is 13.1. The lowest BCUT2D eigenvalue weighted by molar-refractivity contribution is 0.188. The summed E-state index contributed by atoms with van der Waals surface area (Å²) < 4.78 is 7.58. The number of rotatable bonds is 7. The van der Waals surface area contributed by atoms with Gasteiger partial charge in [0.2, 0.25) is 0 Å². The molecular weight excluding hydrogens is 248 g/mol. The molecule has 110 valence electrons. The van der Waals surface area contributed by atoms with Crippen LogP contribution in [0, 0.1) is 13.8 Å². The summed E-state index contributed by atoms with van der Waals surface area (Å²) in [5.74, 6) is 0. The maximum atomic E-state index is 5.22. The van der Waals surface area contributed by atoms with E-state index in [1.807, 2.05) is 0 Å². The molecule has 0 radical (unpaired) electrons. The maximum absolute atomic E-state index is 5.22. The molecule has 0 bridgehead atoms. The van der Waals surface area contributed by atoms with E-state index >= 15 is 0 Å². The van der Waals surface area contributed by atoms with E-state index in [9.17, 15) is 0 Å². The summed E-state index contributed by atoms with van der Waals surface area (Å²) in [5.41, 5.74) is 5.40. The summed E-state index contributed by atoms with van der Waals surface area (Å²) in [6.07, 6.45) is 1.17. The largest absolute Gasteiger partial charge is 0.383 e. The van der Waals surface area contributed by atoms with Crippen molar-refractivity contribution in [1.29, 1.82) is 0 Å². The minimum absolute atomic E-state index is 0.754. The molecule has 1 heterocycles. The maximum Gasteiger partial charge on any atom is 0.0642 e. The van der Waals surface area contributed by atoms with E-state index in [4.69, 9.17) is 4.74 Å². The second kappa shape index (κ2) is 6.91. The van der Waals surface area contributed by atoms with Crippen LogP contribution >= 0.6 is 0 Å². The third kappa shape index (κ3) is 3.05. The highest BCUT2D eigenvalue weighted by Gasteiger charge is 2.11. The third-order valence-corrected chi connectivity index (χ3v) is 3.98. The average molecular weight is 274 g/mol. The lowest BCUT2D eigenvalue weighted by Crippen LogP contribution is -2.13. The van der Waals surface area contributed by atoms with Gasteiger partial charge in [-0.1, -0.05) is 13.0 Å². The lowest BCUT2D eigenvalue weighted by Gasteiger charge is -2.08. The van der Waals surface area contributed by atoms with Crippen molar-refractivity contribution < 1.29 is 4.74 Å². The molecule has 1 aromatic heterocycles. The number of hydrogen-bond acceptors (Lipinski definition) is 2. The number of aryl methyl sites for hydroxylation is 1. The minimum Gasteiger partial charge on any atom is -0.383 e. The van der Waals surface area contributed by atoms with Crippen LogP contribution < -0.4 is 5.32 Å². The summed E-state index contributed by atoms with van der Waals surface area (Å²) in [4.78, 5) is 0. The van der Waals surface area contributed by atoms with Crippen molar-refractivity contribution in [2.45, 2.75) is 40.3 Å². The molecule has 0 aliphatic rings. The van der Waals surface area contributed by atoms with E-state index in [0.29, 0.717) is 0 Å². The molecule has 0 atom stereocenters. The molecule has 2 aromatic rings. The second-order valence-electron chi connectivity index (χ2n) is 5.38. The van der Waals surface area contributed by atoms with Gasteiger partial charge in [0, 0.05) is 36.8 Å². The Kier molecular flexibility index (Phi) is 5.21. The normalized spacial score (nSPS) is 11.4. The Labute approximate surface area is 121 Å². The fraction of sp³-hybridized carbons (Fsp3) is 0.529. The topological polar surface area (TPSA) is 26.2 Å². The molecule has 0 saturated heterocycles. The molecule has 2 rings (SSSR count). The molecule has 0 saturated carbocycles. The van der Waals surface area contributed by atoms with E-state index < -0.39 is 0 Å². The van der Waals surface area contributed by atoms with Gasteiger partial charge in [0.25, 0.3) is 0 Å². The Bertz CT molecular complexity index is 572. The Morgan fingerprint density at radius 2 is 2.05 bits per heavy atom. The molecule has 0 fully saturated rings. The van der Waals surface area contributed by atoms with Gasteiger partial charge in [-0.2, -0.15) is 0 Å².